The zero-order valence-electron chi connectivity index (χ0n) is 15.7. The van der Waals surface area contributed by atoms with Crippen molar-refractivity contribution in [1.82, 2.24) is 9.80 Å². The van der Waals surface area contributed by atoms with Crippen LogP contribution in [0.5, 0.6) is 0 Å². The maximum atomic E-state index is 11.8. The standard InChI is InChI=1S/C17H21N3O10/c21-14(22)8-18(9-15(23)24)5-6-19(10-16(25)26)13(17(27)28)7-11-1-3-12(4-2-11)20(29)30/h1-4,13H,5-10H2,(H,21,22)(H,23,24)(H,25,26)(H,27,28). The number of non-ortho nitro benzene ring substituents is 1. The van der Waals surface area contributed by atoms with Crippen LogP contribution in [0.2, 0.25) is 0 Å². The van der Waals surface area contributed by atoms with E-state index in [2.05, 4.69) is 0 Å². The molecule has 0 saturated carbocycles. The number of hydrogen-bond acceptors (Lipinski definition) is 8. The monoisotopic (exact) mass is 427 g/mol. The summed E-state index contributed by atoms with van der Waals surface area (Å²) in [6, 6.07) is 3.76. The number of carboxylic acids is 4. The molecule has 13 nitrogen and oxygen atoms in total. The Morgan fingerprint density at radius 1 is 0.867 bits per heavy atom. The first-order valence-electron chi connectivity index (χ1n) is 8.57. The van der Waals surface area contributed by atoms with E-state index in [9.17, 15) is 34.4 Å². The van der Waals surface area contributed by atoms with Gasteiger partial charge < -0.3 is 20.4 Å². The lowest BCUT2D eigenvalue weighted by molar-refractivity contribution is -0.384. The highest BCUT2D eigenvalue weighted by Gasteiger charge is 2.28. The number of nitro benzene ring substituents is 1. The molecule has 13 heteroatoms. The Morgan fingerprint density at radius 3 is 1.77 bits per heavy atom. The lowest BCUT2D eigenvalue weighted by atomic mass is 10.0. The smallest absolute Gasteiger partial charge is 0.321 e. The minimum Gasteiger partial charge on any atom is -0.480 e. The van der Waals surface area contributed by atoms with Crippen LogP contribution in [-0.2, 0) is 25.6 Å². The Morgan fingerprint density at radius 2 is 1.37 bits per heavy atom. The Kier molecular flexibility index (Phi) is 9.32. The van der Waals surface area contributed by atoms with Crippen LogP contribution in [-0.4, -0.2) is 97.8 Å². The van der Waals surface area contributed by atoms with Crippen LogP contribution in [0.1, 0.15) is 5.56 Å². The second kappa shape index (κ2) is 11.4. The molecular formula is C17H21N3O10. The van der Waals surface area contributed by atoms with Gasteiger partial charge in [0.2, 0.25) is 0 Å². The van der Waals surface area contributed by atoms with Crippen molar-refractivity contribution in [3.8, 4) is 0 Å². The van der Waals surface area contributed by atoms with E-state index in [4.69, 9.17) is 15.3 Å². The number of aliphatic carboxylic acids is 4. The summed E-state index contributed by atoms with van der Waals surface area (Å²) in [5.74, 6) is -5.26. The molecule has 0 amide bonds. The third-order valence-electron chi connectivity index (χ3n) is 4.06. The molecule has 0 aliphatic carbocycles. The maximum Gasteiger partial charge on any atom is 0.321 e. The van der Waals surface area contributed by atoms with Crippen LogP contribution in [0.25, 0.3) is 0 Å². The predicted molar refractivity (Wildman–Crippen MR) is 99.1 cm³/mol. The molecule has 1 rings (SSSR count). The highest BCUT2D eigenvalue weighted by Crippen LogP contribution is 2.15. The highest BCUT2D eigenvalue weighted by atomic mass is 16.6. The first kappa shape index (κ1) is 24.5. The third kappa shape index (κ3) is 8.62. The molecule has 1 aromatic carbocycles. The Labute approximate surface area is 169 Å². The number of nitro groups is 1. The van der Waals surface area contributed by atoms with Crippen LogP contribution >= 0.6 is 0 Å². The molecule has 0 aliphatic heterocycles. The molecule has 164 valence electrons. The minimum atomic E-state index is -1.35. The number of carbonyl (C=O) groups is 4. The van der Waals surface area contributed by atoms with E-state index in [1.807, 2.05) is 0 Å². The lowest BCUT2D eigenvalue weighted by Gasteiger charge is -2.29. The van der Waals surface area contributed by atoms with Gasteiger partial charge in [0, 0.05) is 25.2 Å². The van der Waals surface area contributed by atoms with Gasteiger partial charge in [0.25, 0.3) is 5.69 Å². The van der Waals surface area contributed by atoms with Crippen LogP contribution in [0, 0.1) is 10.1 Å². The van der Waals surface area contributed by atoms with E-state index in [-0.39, 0.29) is 25.2 Å². The van der Waals surface area contributed by atoms with Crippen LogP contribution in [0.15, 0.2) is 24.3 Å². The molecule has 30 heavy (non-hydrogen) atoms. The molecule has 0 heterocycles. The van der Waals surface area contributed by atoms with Gasteiger partial charge in [-0.15, -0.1) is 0 Å². The van der Waals surface area contributed by atoms with E-state index in [1.54, 1.807) is 0 Å². The molecule has 0 bridgehead atoms. The number of nitrogens with zero attached hydrogens (tertiary/aromatic N) is 3. The van der Waals surface area contributed by atoms with Gasteiger partial charge in [-0.25, -0.2) is 0 Å². The quantitative estimate of drug-likeness (QED) is 0.218. The van der Waals surface area contributed by atoms with Gasteiger partial charge in [0.15, 0.2) is 0 Å². The van der Waals surface area contributed by atoms with Gasteiger partial charge in [-0.1, -0.05) is 12.1 Å². The van der Waals surface area contributed by atoms with Crippen molar-refractivity contribution < 1.29 is 44.5 Å². The van der Waals surface area contributed by atoms with Gasteiger partial charge in [-0.2, -0.15) is 0 Å². The average molecular weight is 427 g/mol. The van der Waals surface area contributed by atoms with Gasteiger partial charge in [0.05, 0.1) is 24.6 Å². The number of hydrogen-bond donors (Lipinski definition) is 4. The molecule has 0 saturated heterocycles. The Bertz CT molecular complexity index is 779. The zero-order valence-corrected chi connectivity index (χ0v) is 15.7. The third-order valence-corrected chi connectivity index (χ3v) is 4.06. The summed E-state index contributed by atoms with van der Waals surface area (Å²) in [6.45, 7) is -2.34. The van der Waals surface area contributed by atoms with Crippen molar-refractivity contribution in [2.75, 3.05) is 32.7 Å². The molecule has 1 atom stereocenters. The zero-order chi connectivity index (χ0) is 22.8. The van der Waals surface area contributed by atoms with Crippen molar-refractivity contribution >= 4 is 29.6 Å². The largest absolute Gasteiger partial charge is 0.480 e. The summed E-state index contributed by atoms with van der Waals surface area (Å²) in [4.78, 5) is 56.9. The normalized spacial score (nSPS) is 11.9. The van der Waals surface area contributed by atoms with Gasteiger partial charge >= 0.3 is 23.9 Å². The van der Waals surface area contributed by atoms with Crippen LogP contribution in [0.4, 0.5) is 5.69 Å². The first-order valence-corrected chi connectivity index (χ1v) is 8.57. The molecule has 0 spiro atoms. The summed E-state index contributed by atoms with van der Waals surface area (Å²) in [5.41, 5.74) is 0.224. The topological polar surface area (TPSA) is 199 Å². The van der Waals surface area contributed by atoms with E-state index in [0.717, 1.165) is 9.80 Å². The SMILES string of the molecule is O=C(O)CN(CCN(CC(=O)O)C(Cc1ccc([N+](=O)[O-])cc1)C(=O)O)CC(=O)O. The highest BCUT2D eigenvalue weighted by molar-refractivity contribution is 5.76. The molecule has 0 aliphatic rings. The van der Waals surface area contributed by atoms with Crippen LogP contribution < -0.4 is 0 Å². The fraction of sp³-hybridized carbons (Fsp3) is 0.412. The second-order valence-electron chi connectivity index (χ2n) is 6.34. The molecule has 0 fully saturated rings. The molecule has 0 aromatic heterocycles. The van der Waals surface area contributed by atoms with Crippen molar-refractivity contribution in [2.45, 2.75) is 12.5 Å². The first-order chi connectivity index (χ1) is 14.0. The fourth-order valence-corrected chi connectivity index (χ4v) is 2.73. The van der Waals surface area contributed by atoms with Crippen molar-refractivity contribution in [3.63, 3.8) is 0 Å². The van der Waals surface area contributed by atoms with E-state index in [1.165, 1.54) is 24.3 Å². The van der Waals surface area contributed by atoms with E-state index < -0.39 is 54.5 Å². The maximum absolute atomic E-state index is 11.8. The summed E-state index contributed by atoms with van der Waals surface area (Å²) in [5, 5.41) is 47.2. The summed E-state index contributed by atoms with van der Waals surface area (Å²) in [7, 11) is 0. The average Bonchev–Trinajstić information content (AvgIpc) is 2.62. The molecule has 0 radical (unpaired) electrons. The van der Waals surface area contributed by atoms with Crippen molar-refractivity contribution in [3.05, 3.63) is 39.9 Å². The fourth-order valence-electron chi connectivity index (χ4n) is 2.73. The second-order valence-corrected chi connectivity index (χ2v) is 6.34. The molecule has 1 unspecified atom stereocenters. The number of benzene rings is 1. The van der Waals surface area contributed by atoms with Crippen LogP contribution in [0.3, 0.4) is 0 Å². The summed E-state index contributed by atoms with van der Waals surface area (Å²) >= 11 is 0. The predicted octanol–water partition coefficient (Wildman–Crippen LogP) is -0.552. The van der Waals surface area contributed by atoms with E-state index >= 15 is 0 Å². The minimum absolute atomic E-state index is 0.168. The number of rotatable bonds is 14. The van der Waals surface area contributed by atoms with E-state index in [0.29, 0.717) is 5.56 Å². The molecular weight excluding hydrogens is 406 g/mol. The summed E-state index contributed by atoms with van der Waals surface area (Å²) < 4.78 is 0. The van der Waals surface area contributed by atoms with Gasteiger partial charge in [0.1, 0.15) is 6.04 Å². The van der Waals surface area contributed by atoms with Gasteiger partial charge in [-0.05, 0) is 12.0 Å². The molecule has 1 aromatic rings. The van der Waals surface area contributed by atoms with Crippen molar-refractivity contribution in [2.24, 2.45) is 0 Å². The van der Waals surface area contributed by atoms with Crippen molar-refractivity contribution in [1.29, 1.82) is 0 Å². The Balaban J connectivity index is 3.00. The Hall–Kier alpha value is -3.58. The van der Waals surface area contributed by atoms with Gasteiger partial charge in [-0.3, -0.25) is 39.1 Å². The lowest BCUT2D eigenvalue weighted by Crippen LogP contribution is -2.49. The summed E-state index contributed by atoms with van der Waals surface area (Å²) in [6.07, 6.45) is -0.168. The number of carboxylic acid groups (broad SMARTS) is 4. The molecule has 4 N–H and O–H groups in total.